The molecule has 1 aliphatic carbocycles. The largest absolute Gasteiger partial charge is 0.271 e. The summed E-state index contributed by atoms with van der Waals surface area (Å²) in [7, 11) is 0. The van der Waals surface area contributed by atoms with Crippen molar-refractivity contribution in [1.29, 1.82) is 0 Å². The van der Waals surface area contributed by atoms with Gasteiger partial charge in [0.05, 0.1) is 0 Å². The standard InChI is InChI=1S/C13H26N2S/c1-13(8-5-9-16-13)12(15-14)10-11-6-3-2-4-7-11/h11-12,15H,2-10,14H2,1H3. The smallest absolute Gasteiger partial charge is 0.0357 e. The molecule has 2 aliphatic rings. The highest BCUT2D eigenvalue weighted by Gasteiger charge is 2.38. The SMILES string of the molecule is CC1(C(CC2CCCCC2)NN)CCCS1. The molecule has 1 saturated heterocycles. The van der Waals surface area contributed by atoms with Gasteiger partial charge in [0, 0.05) is 10.8 Å². The van der Waals surface area contributed by atoms with Crippen LogP contribution in [0.4, 0.5) is 0 Å². The number of rotatable bonds is 4. The molecule has 3 heteroatoms. The van der Waals surface area contributed by atoms with E-state index >= 15 is 0 Å². The molecule has 1 saturated carbocycles. The second-order valence-electron chi connectivity index (χ2n) is 5.72. The fourth-order valence-corrected chi connectivity index (χ4v) is 4.73. The van der Waals surface area contributed by atoms with Crippen LogP contribution in [0.5, 0.6) is 0 Å². The zero-order valence-corrected chi connectivity index (χ0v) is 11.3. The van der Waals surface area contributed by atoms with Crippen LogP contribution in [0.15, 0.2) is 0 Å². The Morgan fingerprint density at radius 1 is 1.31 bits per heavy atom. The molecule has 2 unspecified atom stereocenters. The Kier molecular flexibility index (Phi) is 4.57. The molecule has 3 N–H and O–H groups in total. The van der Waals surface area contributed by atoms with Crippen molar-refractivity contribution in [2.75, 3.05) is 5.75 Å². The van der Waals surface area contributed by atoms with Crippen molar-refractivity contribution in [3.63, 3.8) is 0 Å². The van der Waals surface area contributed by atoms with E-state index in [9.17, 15) is 0 Å². The quantitative estimate of drug-likeness (QED) is 0.588. The van der Waals surface area contributed by atoms with E-state index in [1.54, 1.807) is 0 Å². The molecule has 0 spiro atoms. The highest BCUT2D eigenvalue weighted by molar-refractivity contribution is 8.00. The van der Waals surface area contributed by atoms with Crippen molar-refractivity contribution in [2.45, 2.75) is 69.1 Å². The first-order valence-corrected chi connectivity index (χ1v) is 7.83. The zero-order valence-electron chi connectivity index (χ0n) is 10.5. The number of hydrazine groups is 1. The highest BCUT2D eigenvalue weighted by Crippen LogP contribution is 2.43. The fourth-order valence-electron chi connectivity index (χ4n) is 3.33. The summed E-state index contributed by atoms with van der Waals surface area (Å²) in [5.41, 5.74) is 3.11. The third kappa shape index (κ3) is 2.93. The molecule has 0 radical (unpaired) electrons. The molecule has 2 rings (SSSR count). The van der Waals surface area contributed by atoms with Crippen LogP contribution in [0, 0.1) is 5.92 Å². The normalized spacial score (nSPS) is 34.1. The predicted molar refractivity (Wildman–Crippen MR) is 72.4 cm³/mol. The van der Waals surface area contributed by atoms with E-state index in [0.717, 1.165) is 5.92 Å². The van der Waals surface area contributed by atoms with Crippen molar-refractivity contribution in [1.82, 2.24) is 5.43 Å². The molecule has 94 valence electrons. The Bertz CT molecular complexity index is 208. The maximum Gasteiger partial charge on any atom is 0.0357 e. The molecule has 0 bridgehead atoms. The topological polar surface area (TPSA) is 38.0 Å². The Hall–Kier alpha value is 0.270. The molecule has 0 aromatic carbocycles. The first-order valence-electron chi connectivity index (χ1n) is 6.85. The summed E-state index contributed by atoms with van der Waals surface area (Å²) < 4.78 is 0.395. The maximum atomic E-state index is 5.79. The van der Waals surface area contributed by atoms with Gasteiger partial charge in [0.2, 0.25) is 0 Å². The third-order valence-corrected chi connectivity index (χ3v) is 6.12. The number of hydrogen-bond donors (Lipinski definition) is 2. The number of thioether (sulfide) groups is 1. The molecule has 0 amide bonds. The second kappa shape index (κ2) is 5.74. The lowest BCUT2D eigenvalue weighted by molar-refractivity contribution is 0.270. The van der Waals surface area contributed by atoms with Crippen LogP contribution >= 0.6 is 11.8 Å². The predicted octanol–water partition coefficient (Wildman–Crippen LogP) is 3.07. The van der Waals surface area contributed by atoms with Gasteiger partial charge in [-0.1, -0.05) is 32.1 Å². The van der Waals surface area contributed by atoms with Crippen LogP contribution < -0.4 is 11.3 Å². The van der Waals surface area contributed by atoms with Crippen molar-refractivity contribution in [2.24, 2.45) is 11.8 Å². The van der Waals surface area contributed by atoms with Gasteiger partial charge in [-0.05, 0) is 37.9 Å². The minimum Gasteiger partial charge on any atom is -0.271 e. The van der Waals surface area contributed by atoms with E-state index in [1.165, 1.54) is 57.1 Å². The molecular formula is C13H26N2S. The van der Waals surface area contributed by atoms with Crippen molar-refractivity contribution < 1.29 is 0 Å². The maximum absolute atomic E-state index is 5.79. The lowest BCUT2D eigenvalue weighted by atomic mass is 9.81. The van der Waals surface area contributed by atoms with Crippen molar-refractivity contribution in [3.05, 3.63) is 0 Å². The molecule has 0 aromatic heterocycles. The molecule has 2 fully saturated rings. The Labute approximate surface area is 104 Å². The molecule has 16 heavy (non-hydrogen) atoms. The highest BCUT2D eigenvalue weighted by atomic mass is 32.2. The van der Waals surface area contributed by atoms with Crippen LogP contribution in [0.1, 0.15) is 58.3 Å². The number of nitrogens with one attached hydrogen (secondary N) is 1. The van der Waals surface area contributed by atoms with Gasteiger partial charge in [-0.3, -0.25) is 11.3 Å². The van der Waals surface area contributed by atoms with Crippen LogP contribution in [-0.2, 0) is 0 Å². The second-order valence-corrected chi connectivity index (χ2v) is 7.35. The summed E-state index contributed by atoms with van der Waals surface area (Å²) in [6.45, 7) is 2.40. The third-order valence-electron chi connectivity index (χ3n) is 4.48. The van der Waals surface area contributed by atoms with Crippen LogP contribution in [0.25, 0.3) is 0 Å². The van der Waals surface area contributed by atoms with Crippen molar-refractivity contribution >= 4 is 11.8 Å². The van der Waals surface area contributed by atoms with Gasteiger partial charge in [-0.25, -0.2) is 0 Å². The van der Waals surface area contributed by atoms with Crippen LogP contribution in [0.3, 0.4) is 0 Å². The minimum atomic E-state index is 0.395. The van der Waals surface area contributed by atoms with E-state index in [1.807, 2.05) is 0 Å². The van der Waals surface area contributed by atoms with Gasteiger partial charge in [0.25, 0.3) is 0 Å². The fraction of sp³-hybridized carbons (Fsp3) is 1.00. The van der Waals surface area contributed by atoms with E-state index in [0.29, 0.717) is 10.8 Å². The van der Waals surface area contributed by atoms with E-state index in [-0.39, 0.29) is 0 Å². The Morgan fingerprint density at radius 2 is 2.06 bits per heavy atom. The average molecular weight is 242 g/mol. The zero-order chi connectivity index (χ0) is 11.4. The monoisotopic (exact) mass is 242 g/mol. The summed E-state index contributed by atoms with van der Waals surface area (Å²) >= 11 is 2.12. The molecular weight excluding hydrogens is 216 g/mol. The van der Waals surface area contributed by atoms with E-state index in [4.69, 9.17) is 5.84 Å². The van der Waals surface area contributed by atoms with Crippen LogP contribution in [0.2, 0.25) is 0 Å². The van der Waals surface area contributed by atoms with Gasteiger partial charge in [-0.15, -0.1) is 0 Å². The number of hydrogen-bond acceptors (Lipinski definition) is 3. The van der Waals surface area contributed by atoms with Gasteiger partial charge >= 0.3 is 0 Å². The summed E-state index contributed by atoms with van der Waals surface area (Å²) in [5.74, 6) is 8.03. The summed E-state index contributed by atoms with van der Waals surface area (Å²) in [5, 5.41) is 0. The molecule has 1 aliphatic heterocycles. The minimum absolute atomic E-state index is 0.395. The molecule has 1 heterocycles. The lowest BCUT2D eigenvalue weighted by Crippen LogP contribution is -2.49. The first-order chi connectivity index (χ1) is 7.74. The first kappa shape index (κ1) is 12.7. The summed E-state index contributed by atoms with van der Waals surface area (Å²) in [6, 6.07) is 0.517. The average Bonchev–Trinajstić information content (AvgIpc) is 2.75. The van der Waals surface area contributed by atoms with Gasteiger partial charge < -0.3 is 0 Å². The van der Waals surface area contributed by atoms with Crippen LogP contribution in [-0.4, -0.2) is 16.5 Å². The Morgan fingerprint density at radius 3 is 2.62 bits per heavy atom. The Balaban J connectivity index is 1.88. The van der Waals surface area contributed by atoms with Crippen molar-refractivity contribution in [3.8, 4) is 0 Å². The van der Waals surface area contributed by atoms with E-state index < -0.39 is 0 Å². The lowest BCUT2D eigenvalue weighted by Gasteiger charge is -2.36. The van der Waals surface area contributed by atoms with Gasteiger partial charge in [-0.2, -0.15) is 11.8 Å². The molecule has 0 aromatic rings. The summed E-state index contributed by atoms with van der Waals surface area (Å²) in [6.07, 6.45) is 11.2. The van der Waals surface area contributed by atoms with Gasteiger partial charge in [0.15, 0.2) is 0 Å². The molecule has 2 nitrogen and oxygen atoms in total. The molecule has 2 atom stereocenters. The van der Waals surface area contributed by atoms with E-state index in [2.05, 4.69) is 24.1 Å². The van der Waals surface area contributed by atoms with Gasteiger partial charge in [0.1, 0.15) is 0 Å². The summed E-state index contributed by atoms with van der Waals surface area (Å²) in [4.78, 5) is 0. The number of nitrogens with two attached hydrogens (primary N) is 1.